The lowest BCUT2D eigenvalue weighted by Crippen LogP contribution is -2.32. The number of nitro groups is 2. The van der Waals surface area contributed by atoms with Gasteiger partial charge < -0.3 is 4.90 Å². The summed E-state index contributed by atoms with van der Waals surface area (Å²) in [4.78, 5) is 35.1. The molecule has 0 atom stereocenters. The highest BCUT2D eigenvalue weighted by Crippen LogP contribution is 2.25. The first-order valence-corrected chi connectivity index (χ1v) is 8.10. The number of anilines is 1. The van der Waals surface area contributed by atoms with E-state index in [-0.39, 0.29) is 5.56 Å². The van der Waals surface area contributed by atoms with E-state index in [4.69, 9.17) is 0 Å². The zero-order chi connectivity index (χ0) is 19.3. The molecule has 0 saturated carbocycles. The van der Waals surface area contributed by atoms with Crippen LogP contribution in [0.25, 0.3) is 0 Å². The van der Waals surface area contributed by atoms with Crippen molar-refractivity contribution in [2.24, 2.45) is 5.92 Å². The predicted octanol–water partition coefficient (Wildman–Crippen LogP) is 4.20. The molecule has 0 aromatic heterocycles. The number of carbonyl (C=O) groups excluding carboxylic acids is 1. The van der Waals surface area contributed by atoms with Crippen molar-refractivity contribution in [1.82, 2.24) is 0 Å². The molecule has 8 heteroatoms. The molecule has 0 aliphatic heterocycles. The fourth-order valence-corrected chi connectivity index (χ4v) is 2.43. The lowest BCUT2D eigenvalue weighted by atomic mass is 10.1. The van der Waals surface area contributed by atoms with E-state index in [1.807, 2.05) is 19.9 Å². The molecule has 0 spiro atoms. The van der Waals surface area contributed by atoms with Gasteiger partial charge in [0.25, 0.3) is 17.3 Å². The van der Waals surface area contributed by atoms with Crippen LogP contribution < -0.4 is 4.90 Å². The van der Waals surface area contributed by atoms with Crippen molar-refractivity contribution >= 4 is 23.0 Å². The molecular weight excluding hydrogens is 338 g/mol. The Hall–Kier alpha value is -3.29. The molecule has 0 aliphatic rings. The van der Waals surface area contributed by atoms with E-state index in [0.29, 0.717) is 18.2 Å². The van der Waals surface area contributed by atoms with Gasteiger partial charge in [-0.25, -0.2) is 0 Å². The number of hydrogen-bond donors (Lipinski definition) is 0. The Balaban J connectivity index is 2.47. The summed E-state index contributed by atoms with van der Waals surface area (Å²) in [5.41, 5.74) is -0.426. The maximum absolute atomic E-state index is 13.0. The largest absolute Gasteiger partial charge is 0.308 e. The van der Waals surface area contributed by atoms with Gasteiger partial charge in [-0.05, 0) is 24.5 Å². The summed E-state index contributed by atoms with van der Waals surface area (Å²) >= 11 is 0. The molecule has 0 unspecified atom stereocenters. The van der Waals surface area contributed by atoms with Crippen molar-refractivity contribution in [1.29, 1.82) is 0 Å². The van der Waals surface area contributed by atoms with Gasteiger partial charge in [0.1, 0.15) is 0 Å². The average Bonchev–Trinajstić information content (AvgIpc) is 2.61. The van der Waals surface area contributed by atoms with Crippen LogP contribution in [0.2, 0.25) is 0 Å². The van der Waals surface area contributed by atoms with Gasteiger partial charge in [0.05, 0.1) is 21.5 Å². The molecular formula is C18H19N3O5. The van der Waals surface area contributed by atoms with Crippen LogP contribution in [0.15, 0.2) is 48.5 Å². The van der Waals surface area contributed by atoms with Crippen LogP contribution in [0, 0.1) is 26.1 Å². The Morgan fingerprint density at radius 1 is 1.00 bits per heavy atom. The molecule has 26 heavy (non-hydrogen) atoms. The third-order valence-corrected chi connectivity index (χ3v) is 3.81. The van der Waals surface area contributed by atoms with Gasteiger partial charge in [0.15, 0.2) is 0 Å². The van der Waals surface area contributed by atoms with Crippen molar-refractivity contribution in [3.8, 4) is 0 Å². The van der Waals surface area contributed by atoms with E-state index in [0.717, 1.165) is 24.6 Å². The van der Waals surface area contributed by atoms with Crippen LogP contribution in [-0.4, -0.2) is 22.3 Å². The average molecular weight is 357 g/mol. The molecule has 8 nitrogen and oxygen atoms in total. The number of amides is 1. The monoisotopic (exact) mass is 357 g/mol. The normalized spacial score (nSPS) is 10.6. The highest BCUT2D eigenvalue weighted by molar-refractivity contribution is 6.06. The third-order valence-electron chi connectivity index (χ3n) is 3.81. The molecule has 0 N–H and O–H groups in total. The molecule has 0 heterocycles. The summed E-state index contributed by atoms with van der Waals surface area (Å²) in [5.74, 6) is -0.169. The van der Waals surface area contributed by atoms with Gasteiger partial charge in [-0.2, -0.15) is 0 Å². The fraction of sp³-hybridized carbons (Fsp3) is 0.278. The van der Waals surface area contributed by atoms with E-state index in [1.54, 1.807) is 24.3 Å². The Morgan fingerprint density at radius 2 is 1.54 bits per heavy atom. The molecule has 1 amide bonds. The predicted molar refractivity (Wildman–Crippen MR) is 97.3 cm³/mol. The van der Waals surface area contributed by atoms with E-state index < -0.39 is 27.1 Å². The zero-order valence-electron chi connectivity index (χ0n) is 14.5. The molecule has 136 valence electrons. The Kier molecular flexibility index (Phi) is 6.00. The second kappa shape index (κ2) is 8.19. The van der Waals surface area contributed by atoms with Crippen LogP contribution in [0.3, 0.4) is 0 Å². The van der Waals surface area contributed by atoms with Crippen molar-refractivity contribution in [3.05, 3.63) is 74.3 Å². The lowest BCUT2D eigenvalue weighted by molar-refractivity contribution is -0.394. The number of benzene rings is 2. The summed E-state index contributed by atoms with van der Waals surface area (Å²) < 4.78 is 0. The summed E-state index contributed by atoms with van der Waals surface area (Å²) in [5, 5.41) is 22.1. The highest BCUT2D eigenvalue weighted by atomic mass is 16.6. The van der Waals surface area contributed by atoms with E-state index in [9.17, 15) is 25.0 Å². The van der Waals surface area contributed by atoms with Gasteiger partial charge in [-0.1, -0.05) is 32.0 Å². The Labute approximate surface area is 150 Å². The fourth-order valence-electron chi connectivity index (χ4n) is 2.43. The number of carbonyl (C=O) groups is 1. The number of rotatable bonds is 7. The lowest BCUT2D eigenvalue weighted by Gasteiger charge is -2.23. The minimum atomic E-state index is -0.745. The molecule has 2 aromatic rings. The number of non-ortho nitro benzene ring substituents is 2. The Bertz CT molecular complexity index is 789. The summed E-state index contributed by atoms with van der Waals surface area (Å²) in [6.45, 7) is 4.44. The Morgan fingerprint density at radius 3 is 2.00 bits per heavy atom. The SMILES string of the molecule is CC(C)CCN(C(=O)c1cc([N+](=O)[O-])cc([N+](=O)[O-])c1)c1ccccc1. The first kappa shape index (κ1) is 19.0. The molecule has 2 aromatic carbocycles. The summed E-state index contributed by atoms with van der Waals surface area (Å²) in [6.07, 6.45) is 0.720. The van der Waals surface area contributed by atoms with Crippen LogP contribution in [0.1, 0.15) is 30.6 Å². The van der Waals surface area contributed by atoms with Gasteiger partial charge >= 0.3 is 0 Å². The minimum Gasteiger partial charge on any atom is -0.308 e. The maximum Gasteiger partial charge on any atom is 0.277 e. The topological polar surface area (TPSA) is 107 Å². The molecule has 0 saturated heterocycles. The maximum atomic E-state index is 13.0. The van der Waals surface area contributed by atoms with Gasteiger partial charge in [0.2, 0.25) is 0 Å². The molecule has 0 bridgehead atoms. The number of nitro benzene ring substituents is 2. The number of para-hydroxylation sites is 1. The molecule has 2 rings (SSSR count). The van der Waals surface area contributed by atoms with Gasteiger partial charge in [-0.15, -0.1) is 0 Å². The van der Waals surface area contributed by atoms with Crippen molar-refractivity contribution < 1.29 is 14.6 Å². The zero-order valence-corrected chi connectivity index (χ0v) is 14.5. The van der Waals surface area contributed by atoms with E-state index in [1.165, 1.54) is 4.90 Å². The second-order valence-corrected chi connectivity index (χ2v) is 6.23. The smallest absolute Gasteiger partial charge is 0.277 e. The number of hydrogen-bond acceptors (Lipinski definition) is 5. The molecule has 0 radical (unpaired) electrons. The van der Waals surface area contributed by atoms with E-state index in [2.05, 4.69) is 0 Å². The van der Waals surface area contributed by atoms with Crippen LogP contribution >= 0.6 is 0 Å². The van der Waals surface area contributed by atoms with Crippen LogP contribution in [0.4, 0.5) is 17.1 Å². The summed E-state index contributed by atoms with van der Waals surface area (Å²) in [7, 11) is 0. The minimum absolute atomic E-state index is 0.0847. The van der Waals surface area contributed by atoms with Crippen molar-refractivity contribution in [2.75, 3.05) is 11.4 Å². The highest BCUT2D eigenvalue weighted by Gasteiger charge is 2.24. The summed E-state index contributed by atoms with van der Waals surface area (Å²) in [6, 6.07) is 11.9. The van der Waals surface area contributed by atoms with Gasteiger partial charge in [-0.3, -0.25) is 25.0 Å². The molecule has 0 aliphatic carbocycles. The third kappa shape index (κ3) is 4.62. The van der Waals surface area contributed by atoms with Crippen molar-refractivity contribution in [2.45, 2.75) is 20.3 Å². The number of nitrogens with zero attached hydrogens (tertiary/aromatic N) is 3. The van der Waals surface area contributed by atoms with Gasteiger partial charge in [0, 0.05) is 24.4 Å². The first-order valence-electron chi connectivity index (χ1n) is 8.10. The first-order chi connectivity index (χ1) is 12.3. The second-order valence-electron chi connectivity index (χ2n) is 6.23. The van der Waals surface area contributed by atoms with E-state index >= 15 is 0 Å². The van der Waals surface area contributed by atoms with Crippen LogP contribution in [0.5, 0.6) is 0 Å². The van der Waals surface area contributed by atoms with Crippen molar-refractivity contribution in [3.63, 3.8) is 0 Å². The van der Waals surface area contributed by atoms with Crippen LogP contribution in [-0.2, 0) is 0 Å². The standard InChI is InChI=1S/C18H19N3O5/c1-13(2)8-9-19(15-6-4-3-5-7-15)18(22)14-10-16(20(23)24)12-17(11-14)21(25)26/h3-7,10-13H,8-9H2,1-2H3. The molecule has 0 fully saturated rings. The quantitative estimate of drug-likeness (QED) is 0.545.